The first-order valence-electron chi connectivity index (χ1n) is 10.5. The van der Waals surface area contributed by atoms with Gasteiger partial charge in [0.2, 0.25) is 0 Å². The fourth-order valence-electron chi connectivity index (χ4n) is 3.17. The lowest BCUT2D eigenvalue weighted by Crippen LogP contribution is -2.47. The van der Waals surface area contributed by atoms with Crippen molar-refractivity contribution in [3.8, 4) is 0 Å². The van der Waals surface area contributed by atoms with Gasteiger partial charge in [0.25, 0.3) is 0 Å². The predicted molar refractivity (Wildman–Crippen MR) is 134 cm³/mol. The molecule has 0 N–H and O–H groups in total. The highest BCUT2D eigenvalue weighted by Gasteiger charge is 2.63. The van der Waals surface area contributed by atoms with E-state index in [0.29, 0.717) is 0 Å². The number of alkyl halides is 9. The maximum atomic E-state index is 12.0. The molecule has 0 saturated carbocycles. The molecule has 20 heteroatoms. The summed E-state index contributed by atoms with van der Waals surface area (Å²) in [5.74, 6) is 0. The first-order valence-corrected chi connectivity index (χ1v) is 17.0. The van der Waals surface area contributed by atoms with E-state index in [4.69, 9.17) is 0 Å². The molecule has 1 aliphatic heterocycles. The van der Waals surface area contributed by atoms with Gasteiger partial charge in [-0.3, -0.25) is 25.3 Å². The summed E-state index contributed by atoms with van der Waals surface area (Å²) < 4.78 is 167. The Morgan fingerprint density at radius 2 is 0.810 bits per heavy atom. The van der Waals surface area contributed by atoms with Crippen molar-refractivity contribution in [2.75, 3.05) is 0 Å². The van der Waals surface area contributed by atoms with E-state index in [-0.39, 0.29) is 10.9 Å². The molecule has 0 saturated heterocycles. The zero-order valence-electron chi connectivity index (χ0n) is 19.9. The van der Waals surface area contributed by atoms with E-state index in [0.717, 1.165) is 0 Å². The van der Waals surface area contributed by atoms with Crippen molar-refractivity contribution in [1.82, 2.24) is 0 Å². The highest BCUT2D eigenvalue weighted by Crippen LogP contribution is 2.49. The van der Waals surface area contributed by atoms with Crippen molar-refractivity contribution in [3.63, 3.8) is 0 Å². The Morgan fingerprint density at radius 3 is 1.14 bits per heavy atom. The van der Waals surface area contributed by atoms with Gasteiger partial charge in [0.1, 0.15) is 10.9 Å². The summed E-state index contributed by atoms with van der Waals surface area (Å²) in [5.41, 5.74) is -21.2. The van der Waals surface area contributed by atoms with Crippen molar-refractivity contribution in [2.24, 2.45) is 0 Å². The van der Waals surface area contributed by atoms with Crippen LogP contribution in [0.1, 0.15) is 0 Å². The summed E-state index contributed by atoms with van der Waals surface area (Å²) >= 11 is 1.89. The van der Waals surface area contributed by atoms with Crippen LogP contribution >= 0.6 is 11.8 Å². The molecule has 1 aliphatic rings. The Labute approximate surface area is 240 Å². The Balaban J connectivity index is 0.000000230. The Morgan fingerprint density at radius 1 is 0.500 bits per heavy atom. The molecule has 0 fully saturated rings. The molecule has 6 nitrogen and oxygen atoms in total. The number of hydrogen-bond acceptors (Lipinski definition) is 7. The van der Waals surface area contributed by atoms with Crippen molar-refractivity contribution < 1.29 is 64.8 Å². The molecule has 0 aliphatic carbocycles. The van der Waals surface area contributed by atoms with Crippen LogP contribution in [0.5, 0.6) is 0 Å². The minimum absolute atomic E-state index is 0.0212. The van der Waals surface area contributed by atoms with Crippen LogP contribution in [0.25, 0.3) is 0 Å². The summed E-state index contributed by atoms with van der Waals surface area (Å²) in [4.78, 5) is 7.06. The monoisotopic (exact) mass is 704 g/mol. The standard InChI is InChI=1S/C18H13S2.C4F9O6S3/c1-2-8-14(9-3-1)20-17-12-6-4-10-15(17)19-16-11-5-7-13-18(16)20;5-2(6,7)20(14,15)1(21(16,17)3(8,9)10)22(18,19)4(11,12)13/h1-13H;/q+1;-1. The third kappa shape index (κ3) is 6.41. The number of rotatable bonds is 4. The number of halogens is 9. The van der Waals surface area contributed by atoms with Crippen LogP contribution in [-0.4, -0.2) is 41.8 Å². The number of sulfone groups is 3. The summed E-state index contributed by atoms with van der Waals surface area (Å²) in [6.07, 6.45) is 0. The molecular formula is C22H13F9O6S5. The third-order valence-corrected chi connectivity index (χ3v) is 15.7. The lowest BCUT2D eigenvalue weighted by atomic mass is 10.3. The van der Waals surface area contributed by atoms with E-state index < -0.39 is 50.0 Å². The van der Waals surface area contributed by atoms with Crippen LogP contribution in [0, 0.1) is 3.91 Å². The maximum absolute atomic E-state index is 12.0. The topological polar surface area (TPSA) is 102 Å². The second-order valence-electron chi connectivity index (χ2n) is 7.71. The molecule has 3 aromatic rings. The summed E-state index contributed by atoms with van der Waals surface area (Å²) in [6, 6.07) is 28.4. The maximum Gasteiger partial charge on any atom is 0.470 e. The van der Waals surface area contributed by atoms with Gasteiger partial charge < -0.3 is 0 Å². The van der Waals surface area contributed by atoms with E-state index in [1.54, 1.807) is 0 Å². The molecule has 0 unspecified atom stereocenters. The van der Waals surface area contributed by atoms with Gasteiger partial charge in [0.15, 0.2) is 44.2 Å². The third-order valence-electron chi connectivity index (χ3n) is 4.91. The van der Waals surface area contributed by atoms with Crippen LogP contribution < -0.4 is 0 Å². The second kappa shape index (κ2) is 11.6. The highest BCUT2D eigenvalue weighted by molar-refractivity contribution is 8.29. The van der Waals surface area contributed by atoms with Gasteiger partial charge in [-0.15, -0.1) is 0 Å². The molecule has 4 rings (SSSR count). The van der Waals surface area contributed by atoms with Gasteiger partial charge in [-0.2, -0.15) is 39.5 Å². The van der Waals surface area contributed by atoms with Gasteiger partial charge >= 0.3 is 16.5 Å². The lowest BCUT2D eigenvalue weighted by Gasteiger charge is -2.31. The predicted octanol–water partition coefficient (Wildman–Crippen LogP) is 6.48. The van der Waals surface area contributed by atoms with Crippen molar-refractivity contribution >= 4 is 52.2 Å². The molecule has 0 bridgehead atoms. The van der Waals surface area contributed by atoms with Crippen LogP contribution in [0.15, 0.2) is 103 Å². The summed E-state index contributed by atoms with van der Waals surface area (Å²) in [5, 5.41) is 0. The van der Waals surface area contributed by atoms with Crippen molar-refractivity contribution in [2.45, 2.75) is 41.0 Å². The van der Waals surface area contributed by atoms with E-state index in [1.165, 1.54) is 24.5 Å². The molecule has 1 heterocycles. The van der Waals surface area contributed by atoms with Gasteiger partial charge in [0, 0.05) is 0 Å². The zero-order valence-corrected chi connectivity index (χ0v) is 24.0. The van der Waals surface area contributed by atoms with Crippen molar-refractivity contribution in [3.05, 3.63) is 82.8 Å². The molecule has 230 valence electrons. The molecule has 0 spiro atoms. The summed E-state index contributed by atoms with van der Waals surface area (Å²) in [7, 11) is -24.0. The first kappa shape index (κ1) is 34.1. The average Bonchev–Trinajstić information content (AvgIpc) is 2.85. The molecule has 0 radical (unpaired) electrons. The zero-order chi connectivity index (χ0) is 31.9. The quantitative estimate of drug-likeness (QED) is 0.136. The van der Waals surface area contributed by atoms with E-state index in [2.05, 4.69) is 78.9 Å². The Kier molecular flexibility index (Phi) is 9.40. The first-order chi connectivity index (χ1) is 19.0. The SMILES string of the molecule is O=S(=O)([C-](S(=O)(=O)C(F)(F)F)S(=O)(=O)C(F)(F)F)C(F)(F)F.c1ccc([S+]2c3ccccc3Sc3ccccc32)cc1. The lowest BCUT2D eigenvalue weighted by molar-refractivity contribution is -0.0471. The minimum Gasteiger partial charge on any atom is -0.251 e. The molecule has 42 heavy (non-hydrogen) atoms. The van der Waals surface area contributed by atoms with Crippen LogP contribution in [0.3, 0.4) is 0 Å². The van der Waals surface area contributed by atoms with E-state index in [9.17, 15) is 64.8 Å². The van der Waals surface area contributed by atoms with Gasteiger partial charge in [-0.05, 0) is 36.4 Å². The van der Waals surface area contributed by atoms with Crippen LogP contribution in [0.4, 0.5) is 39.5 Å². The fourth-order valence-corrected chi connectivity index (χ4v) is 12.7. The smallest absolute Gasteiger partial charge is 0.251 e. The number of fused-ring (bicyclic) bond motifs is 2. The van der Waals surface area contributed by atoms with Crippen molar-refractivity contribution in [1.29, 1.82) is 0 Å². The number of hydrogen-bond donors (Lipinski definition) is 0. The van der Waals surface area contributed by atoms with E-state index >= 15 is 0 Å². The highest BCUT2D eigenvalue weighted by atomic mass is 32.3. The van der Waals surface area contributed by atoms with E-state index in [1.807, 2.05) is 11.8 Å². The second-order valence-corrected chi connectivity index (χ2v) is 17.2. The average molecular weight is 705 g/mol. The molecule has 3 aromatic carbocycles. The van der Waals surface area contributed by atoms with Gasteiger partial charge in [0.05, 0.1) is 13.7 Å². The molecule has 0 atom stereocenters. The fraction of sp³-hybridized carbons (Fsp3) is 0.136. The van der Waals surface area contributed by atoms with Gasteiger partial charge in [-0.1, -0.05) is 54.2 Å². The molecular weight excluding hydrogens is 692 g/mol. The Bertz CT molecular complexity index is 1620. The van der Waals surface area contributed by atoms with Crippen LogP contribution in [-0.2, 0) is 40.4 Å². The Hall–Kier alpha value is -2.42. The minimum atomic E-state index is -8.02. The summed E-state index contributed by atoms with van der Waals surface area (Å²) in [6.45, 7) is 0. The molecule has 0 amide bonds. The molecule has 0 aromatic heterocycles. The van der Waals surface area contributed by atoms with Crippen LogP contribution in [0.2, 0.25) is 0 Å². The number of benzene rings is 3. The largest absolute Gasteiger partial charge is 0.470 e. The van der Waals surface area contributed by atoms with Gasteiger partial charge in [-0.25, -0.2) is 0 Å². The normalized spacial score (nSPS) is 14.9.